The maximum atomic E-state index is 10.5. The maximum Gasteiger partial charge on any atom is 0.287 e. The molecule has 0 aromatic carbocycles. The molecule has 0 unspecified atom stereocenters. The predicted octanol–water partition coefficient (Wildman–Crippen LogP) is 2.66. The molecular formula is C11H12N4O2S. The Morgan fingerprint density at radius 1 is 1.50 bits per heavy atom. The van der Waals surface area contributed by atoms with E-state index in [9.17, 15) is 10.1 Å². The largest absolute Gasteiger partial charge is 0.369 e. The van der Waals surface area contributed by atoms with Crippen molar-refractivity contribution in [2.45, 2.75) is 12.8 Å². The molecule has 6 nitrogen and oxygen atoms in total. The molecule has 0 fully saturated rings. The van der Waals surface area contributed by atoms with Gasteiger partial charge in [-0.05, 0) is 6.07 Å². The van der Waals surface area contributed by atoms with Gasteiger partial charge >= 0.3 is 0 Å². The van der Waals surface area contributed by atoms with Gasteiger partial charge < -0.3 is 5.32 Å². The summed E-state index contributed by atoms with van der Waals surface area (Å²) >= 11 is 1.61. The van der Waals surface area contributed by atoms with Gasteiger partial charge in [0.1, 0.15) is 12.0 Å². The fourth-order valence-corrected chi connectivity index (χ4v) is 2.12. The predicted molar refractivity (Wildman–Crippen MR) is 69.9 cm³/mol. The van der Waals surface area contributed by atoms with Crippen LogP contribution in [0.1, 0.15) is 17.8 Å². The van der Waals surface area contributed by atoms with E-state index in [0.717, 1.165) is 5.01 Å². The normalized spacial score (nSPS) is 12.1. The van der Waals surface area contributed by atoms with Crippen LogP contribution < -0.4 is 5.32 Å². The van der Waals surface area contributed by atoms with Gasteiger partial charge in [-0.15, -0.1) is 11.3 Å². The van der Waals surface area contributed by atoms with Gasteiger partial charge in [-0.1, -0.05) is 6.92 Å². The molecule has 18 heavy (non-hydrogen) atoms. The Labute approximate surface area is 108 Å². The smallest absolute Gasteiger partial charge is 0.287 e. The number of thiazole rings is 1. The standard InChI is InChI=1S/C11H12N4O2S/c1-8(11-12-4-5-18-11)6-13-10-3-2-9(7-14-10)15(16)17/h2-5,7-8H,6H2,1H3,(H,13,14)/t8-/m0/s1. The lowest BCUT2D eigenvalue weighted by Gasteiger charge is -2.10. The van der Waals surface area contributed by atoms with Crippen LogP contribution in [0, 0.1) is 10.1 Å². The molecule has 0 aliphatic rings. The lowest BCUT2D eigenvalue weighted by molar-refractivity contribution is -0.385. The molecule has 0 spiro atoms. The highest BCUT2D eigenvalue weighted by Crippen LogP contribution is 2.18. The van der Waals surface area contributed by atoms with Gasteiger partial charge in [0, 0.05) is 30.1 Å². The highest BCUT2D eigenvalue weighted by atomic mass is 32.1. The van der Waals surface area contributed by atoms with E-state index in [1.807, 2.05) is 5.38 Å². The minimum Gasteiger partial charge on any atom is -0.369 e. The third kappa shape index (κ3) is 3.01. The van der Waals surface area contributed by atoms with Crippen molar-refractivity contribution >= 4 is 22.8 Å². The molecule has 1 atom stereocenters. The molecular weight excluding hydrogens is 252 g/mol. The van der Waals surface area contributed by atoms with Crippen LogP contribution in [-0.4, -0.2) is 21.4 Å². The summed E-state index contributed by atoms with van der Waals surface area (Å²) in [5.41, 5.74) is -0.00600. The van der Waals surface area contributed by atoms with E-state index in [0.29, 0.717) is 12.4 Å². The highest BCUT2D eigenvalue weighted by Gasteiger charge is 2.09. The molecule has 0 aliphatic carbocycles. The van der Waals surface area contributed by atoms with Gasteiger partial charge in [0.2, 0.25) is 0 Å². The number of nitro groups is 1. The van der Waals surface area contributed by atoms with Crippen molar-refractivity contribution in [1.29, 1.82) is 0 Å². The minimum atomic E-state index is -0.463. The second-order valence-electron chi connectivity index (χ2n) is 3.81. The van der Waals surface area contributed by atoms with Crippen molar-refractivity contribution in [3.05, 3.63) is 45.0 Å². The molecule has 2 aromatic heterocycles. The topological polar surface area (TPSA) is 81.0 Å². The Bertz CT molecular complexity index is 512. The van der Waals surface area contributed by atoms with Crippen LogP contribution in [0.4, 0.5) is 11.5 Å². The van der Waals surface area contributed by atoms with Crippen molar-refractivity contribution in [3.63, 3.8) is 0 Å². The number of rotatable bonds is 5. The number of nitrogens with one attached hydrogen (secondary N) is 1. The van der Waals surface area contributed by atoms with Gasteiger partial charge in [-0.25, -0.2) is 9.97 Å². The molecule has 2 rings (SSSR count). The molecule has 0 bridgehead atoms. The number of nitrogens with zero attached hydrogens (tertiary/aromatic N) is 3. The molecule has 1 N–H and O–H groups in total. The van der Waals surface area contributed by atoms with E-state index in [-0.39, 0.29) is 11.6 Å². The van der Waals surface area contributed by atoms with E-state index in [2.05, 4.69) is 22.2 Å². The van der Waals surface area contributed by atoms with E-state index in [1.165, 1.54) is 12.3 Å². The summed E-state index contributed by atoms with van der Waals surface area (Å²) in [5, 5.41) is 16.6. The summed E-state index contributed by atoms with van der Waals surface area (Å²) in [7, 11) is 0. The summed E-state index contributed by atoms with van der Waals surface area (Å²) in [6, 6.07) is 3.04. The Kier molecular flexibility index (Phi) is 3.83. The van der Waals surface area contributed by atoms with Crippen LogP contribution in [0.25, 0.3) is 0 Å². The first-order valence-electron chi connectivity index (χ1n) is 5.40. The van der Waals surface area contributed by atoms with Crippen molar-refractivity contribution in [2.24, 2.45) is 0 Å². The summed E-state index contributed by atoms with van der Waals surface area (Å²) in [4.78, 5) is 18.2. The molecule has 0 saturated carbocycles. The summed E-state index contributed by atoms with van der Waals surface area (Å²) in [6.07, 6.45) is 3.02. The van der Waals surface area contributed by atoms with Crippen molar-refractivity contribution in [1.82, 2.24) is 9.97 Å². The average molecular weight is 264 g/mol. The second kappa shape index (κ2) is 5.54. The number of anilines is 1. The van der Waals surface area contributed by atoms with Gasteiger partial charge in [0.05, 0.1) is 9.93 Å². The molecule has 2 heterocycles. The van der Waals surface area contributed by atoms with Crippen molar-refractivity contribution in [3.8, 4) is 0 Å². The zero-order valence-electron chi connectivity index (χ0n) is 9.74. The lowest BCUT2D eigenvalue weighted by atomic mass is 10.2. The monoisotopic (exact) mass is 264 g/mol. The molecule has 94 valence electrons. The lowest BCUT2D eigenvalue weighted by Crippen LogP contribution is -2.10. The third-order valence-corrected chi connectivity index (χ3v) is 3.43. The number of hydrogen-bond donors (Lipinski definition) is 1. The number of pyridine rings is 1. The van der Waals surface area contributed by atoms with Gasteiger partial charge in [0.25, 0.3) is 5.69 Å². The van der Waals surface area contributed by atoms with Crippen LogP contribution in [0.15, 0.2) is 29.9 Å². The highest BCUT2D eigenvalue weighted by molar-refractivity contribution is 7.09. The SMILES string of the molecule is C[C@@H](CNc1ccc([N+](=O)[O-])cn1)c1nccs1. The fourth-order valence-electron chi connectivity index (χ4n) is 1.42. The van der Waals surface area contributed by atoms with E-state index >= 15 is 0 Å². The third-order valence-electron chi connectivity index (χ3n) is 2.42. The zero-order chi connectivity index (χ0) is 13.0. The Balaban J connectivity index is 1.92. The summed E-state index contributed by atoms with van der Waals surface area (Å²) in [5.74, 6) is 0.908. The Morgan fingerprint density at radius 3 is 2.89 bits per heavy atom. The first kappa shape index (κ1) is 12.4. The molecule has 2 aromatic rings. The molecule has 7 heteroatoms. The summed E-state index contributed by atoms with van der Waals surface area (Å²) in [6.45, 7) is 2.76. The average Bonchev–Trinajstić information content (AvgIpc) is 2.90. The molecule has 0 amide bonds. The molecule has 0 radical (unpaired) electrons. The van der Waals surface area contributed by atoms with E-state index in [4.69, 9.17) is 0 Å². The quantitative estimate of drug-likeness (QED) is 0.663. The first-order valence-corrected chi connectivity index (χ1v) is 6.28. The van der Waals surface area contributed by atoms with Crippen LogP contribution in [0.2, 0.25) is 0 Å². The minimum absolute atomic E-state index is 0.00600. The van der Waals surface area contributed by atoms with Gasteiger partial charge in [0.15, 0.2) is 0 Å². The zero-order valence-corrected chi connectivity index (χ0v) is 10.6. The maximum absolute atomic E-state index is 10.5. The van der Waals surface area contributed by atoms with Crippen molar-refractivity contribution in [2.75, 3.05) is 11.9 Å². The van der Waals surface area contributed by atoms with E-state index in [1.54, 1.807) is 23.6 Å². The Morgan fingerprint density at radius 2 is 2.33 bits per heavy atom. The van der Waals surface area contributed by atoms with Crippen LogP contribution >= 0.6 is 11.3 Å². The van der Waals surface area contributed by atoms with Crippen LogP contribution in [0.3, 0.4) is 0 Å². The van der Waals surface area contributed by atoms with Gasteiger partial charge in [-0.2, -0.15) is 0 Å². The van der Waals surface area contributed by atoms with E-state index < -0.39 is 4.92 Å². The number of aromatic nitrogens is 2. The Hall–Kier alpha value is -2.02. The number of hydrogen-bond acceptors (Lipinski definition) is 6. The van der Waals surface area contributed by atoms with Crippen molar-refractivity contribution < 1.29 is 4.92 Å². The molecule has 0 saturated heterocycles. The second-order valence-corrected chi connectivity index (χ2v) is 4.74. The summed E-state index contributed by atoms with van der Waals surface area (Å²) < 4.78 is 0. The van der Waals surface area contributed by atoms with Crippen LogP contribution in [-0.2, 0) is 0 Å². The first-order chi connectivity index (χ1) is 8.66. The van der Waals surface area contributed by atoms with Gasteiger partial charge in [-0.3, -0.25) is 10.1 Å². The molecule has 0 aliphatic heterocycles. The fraction of sp³-hybridized carbons (Fsp3) is 0.273. The van der Waals surface area contributed by atoms with Crippen LogP contribution in [0.5, 0.6) is 0 Å².